The number of halogens is 5. The summed E-state index contributed by atoms with van der Waals surface area (Å²) in [5.74, 6) is -0.327. The molecule has 0 atom stereocenters. The van der Waals surface area contributed by atoms with Gasteiger partial charge in [-0.25, -0.2) is 9.97 Å². The Morgan fingerprint density at radius 3 is 2.50 bits per heavy atom. The Labute approximate surface area is 147 Å². The van der Waals surface area contributed by atoms with Crippen LogP contribution in [0.15, 0.2) is 23.1 Å². The van der Waals surface area contributed by atoms with Gasteiger partial charge in [-0.05, 0) is 35.2 Å². The van der Waals surface area contributed by atoms with Gasteiger partial charge in [-0.3, -0.25) is 9.48 Å². The molecule has 2 aromatic rings. The summed E-state index contributed by atoms with van der Waals surface area (Å²) in [5, 5.41) is 6.29. The van der Waals surface area contributed by atoms with Gasteiger partial charge in [0, 0.05) is 6.20 Å². The molecule has 0 unspecified atom stereocenters. The van der Waals surface area contributed by atoms with Crippen LogP contribution < -0.4 is 5.32 Å². The van der Waals surface area contributed by atoms with E-state index in [9.17, 15) is 18.0 Å². The molecule has 128 valence electrons. The third kappa shape index (κ3) is 3.00. The van der Waals surface area contributed by atoms with Crippen molar-refractivity contribution >= 4 is 39.3 Å². The molecule has 11 heteroatoms. The predicted molar refractivity (Wildman–Crippen MR) is 82.4 cm³/mol. The van der Waals surface area contributed by atoms with E-state index in [1.807, 2.05) is 0 Å². The van der Waals surface area contributed by atoms with Crippen molar-refractivity contribution in [1.82, 2.24) is 19.7 Å². The molecule has 1 fully saturated rings. The first-order valence-electron chi connectivity index (χ1n) is 6.84. The van der Waals surface area contributed by atoms with Gasteiger partial charge in [-0.1, -0.05) is 11.6 Å². The van der Waals surface area contributed by atoms with E-state index in [1.54, 1.807) is 0 Å². The average molecular weight is 425 g/mol. The minimum absolute atomic E-state index is 0.164. The van der Waals surface area contributed by atoms with Gasteiger partial charge >= 0.3 is 6.18 Å². The maximum atomic E-state index is 12.9. The highest BCUT2D eigenvalue weighted by Crippen LogP contribution is 2.42. The van der Waals surface area contributed by atoms with Crippen LogP contribution in [-0.2, 0) is 16.5 Å². The maximum absolute atomic E-state index is 12.9. The van der Waals surface area contributed by atoms with Crippen molar-refractivity contribution in [2.24, 2.45) is 0 Å². The van der Waals surface area contributed by atoms with Crippen molar-refractivity contribution in [3.8, 4) is 0 Å². The highest BCUT2D eigenvalue weighted by atomic mass is 79.9. The lowest BCUT2D eigenvalue weighted by Gasteiger charge is -2.40. The second-order valence-electron chi connectivity index (χ2n) is 5.33. The first kappa shape index (κ1) is 17.2. The van der Waals surface area contributed by atoms with E-state index in [2.05, 4.69) is 36.3 Å². The molecule has 1 N–H and O–H groups in total. The van der Waals surface area contributed by atoms with E-state index < -0.39 is 23.3 Å². The Hall–Kier alpha value is -1.68. The second-order valence-corrected chi connectivity index (χ2v) is 6.57. The molecule has 1 aliphatic carbocycles. The zero-order valence-corrected chi connectivity index (χ0v) is 14.3. The molecule has 3 rings (SSSR count). The molecule has 6 nitrogen and oxygen atoms in total. The number of anilines is 1. The number of amides is 1. The Kier molecular flexibility index (Phi) is 4.28. The number of alkyl halides is 3. The number of nitrogens with zero attached hydrogens (tertiary/aromatic N) is 4. The van der Waals surface area contributed by atoms with Crippen molar-refractivity contribution in [3.05, 3.63) is 33.9 Å². The van der Waals surface area contributed by atoms with Crippen molar-refractivity contribution in [2.45, 2.75) is 31.0 Å². The Balaban J connectivity index is 1.89. The van der Waals surface area contributed by atoms with Crippen molar-refractivity contribution in [2.75, 3.05) is 5.32 Å². The summed E-state index contributed by atoms with van der Waals surface area (Å²) in [6.07, 6.45) is 0.570. The molecule has 1 saturated carbocycles. The number of hydrogen-bond acceptors (Lipinski definition) is 4. The van der Waals surface area contributed by atoms with Gasteiger partial charge in [0.25, 0.3) is 5.91 Å². The van der Waals surface area contributed by atoms with Crippen LogP contribution in [0.3, 0.4) is 0 Å². The lowest BCUT2D eigenvalue weighted by atomic mass is 9.76. The topological polar surface area (TPSA) is 72.7 Å². The molecule has 0 aliphatic heterocycles. The van der Waals surface area contributed by atoms with E-state index in [0.29, 0.717) is 19.3 Å². The number of aromatic nitrogens is 4. The normalized spacial score (nSPS) is 16.5. The van der Waals surface area contributed by atoms with E-state index in [-0.39, 0.29) is 15.4 Å². The monoisotopic (exact) mass is 423 g/mol. The molecule has 2 heterocycles. The van der Waals surface area contributed by atoms with Gasteiger partial charge in [0.1, 0.15) is 10.7 Å². The van der Waals surface area contributed by atoms with Crippen LogP contribution in [-0.4, -0.2) is 25.7 Å². The van der Waals surface area contributed by atoms with Gasteiger partial charge in [0.05, 0.1) is 16.9 Å². The van der Waals surface area contributed by atoms with Crippen LogP contribution in [0, 0.1) is 0 Å². The smallest absolute Gasteiger partial charge is 0.307 e. The van der Waals surface area contributed by atoms with Crippen molar-refractivity contribution < 1.29 is 18.0 Å². The molecular formula is C13H10BrClF3N5O. The summed E-state index contributed by atoms with van der Waals surface area (Å²) in [4.78, 5) is 20.3. The molecule has 0 saturated heterocycles. The number of carbonyl (C=O) groups excluding carboxylic acids is 1. The Morgan fingerprint density at radius 1 is 1.33 bits per heavy atom. The van der Waals surface area contributed by atoms with Crippen LogP contribution in [0.1, 0.15) is 25.0 Å². The fourth-order valence-corrected chi connectivity index (χ4v) is 3.04. The largest absolute Gasteiger partial charge is 0.436 e. The minimum atomic E-state index is -4.60. The highest BCUT2D eigenvalue weighted by Gasteiger charge is 2.49. The summed E-state index contributed by atoms with van der Waals surface area (Å²) in [7, 11) is 0. The number of hydrogen-bond donors (Lipinski definition) is 1. The summed E-state index contributed by atoms with van der Waals surface area (Å²) >= 11 is 8.47. The van der Waals surface area contributed by atoms with E-state index >= 15 is 0 Å². The molecule has 0 spiro atoms. The first-order valence-corrected chi connectivity index (χ1v) is 8.01. The fourth-order valence-electron chi connectivity index (χ4n) is 2.45. The molecule has 1 aliphatic rings. The Morgan fingerprint density at radius 2 is 2.04 bits per heavy atom. The van der Waals surface area contributed by atoms with Crippen LogP contribution in [0.4, 0.5) is 19.0 Å². The SMILES string of the molecule is O=C(Nc1cnc(Cl)cn1)C1(n2cc(Br)c(C(F)(F)F)n2)CCC1. The molecule has 24 heavy (non-hydrogen) atoms. The summed E-state index contributed by atoms with van der Waals surface area (Å²) in [6.45, 7) is 0. The lowest BCUT2D eigenvalue weighted by Crippen LogP contribution is -2.51. The fraction of sp³-hybridized carbons (Fsp3) is 0.385. The zero-order chi connectivity index (χ0) is 17.5. The van der Waals surface area contributed by atoms with Gasteiger partial charge in [-0.15, -0.1) is 0 Å². The molecule has 2 aromatic heterocycles. The molecule has 0 radical (unpaired) electrons. The van der Waals surface area contributed by atoms with Gasteiger partial charge in [-0.2, -0.15) is 18.3 Å². The molecule has 1 amide bonds. The molecule has 0 aromatic carbocycles. The highest BCUT2D eigenvalue weighted by molar-refractivity contribution is 9.10. The number of rotatable bonds is 3. The average Bonchev–Trinajstić information content (AvgIpc) is 2.82. The van der Waals surface area contributed by atoms with Crippen molar-refractivity contribution in [1.29, 1.82) is 0 Å². The maximum Gasteiger partial charge on any atom is 0.436 e. The second kappa shape index (κ2) is 5.99. The summed E-state index contributed by atoms with van der Waals surface area (Å²) in [6, 6.07) is 0. The van der Waals surface area contributed by atoms with E-state index in [0.717, 1.165) is 4.68 Å². The summed E-state index contributed by atoms with van der Waals surface area (Å²) < 4.78 is 39.6. The van der Waals surface area contributed by atoms with Crippen LogP contribution in [0.2, 0.25) is 5.15 Å². The lowest BCUT2D eigenvalue weighted by molar-refractivity contribution is -0.143. The van der Waals surface area contributed by atoms with Gasteiger partial charge in [0.2, 0.25) is 0 Å². The number of carbonyl (C=O) groups is 1. The van der Waals surface area contributed by atoms with Crippen LogP contribution in [0.5, 0.6) is 0 Å². The predicted octanol–water partition coefficient (Wildman–Crippen LogP) is 3.63. The van der Waals surface area contributed by atoms with E-state index in [4.69, 9.17) is 11.6 Å². The molecular weight excluding hydrogens is 415 g/mol. The first-order chi connectivity index (χ1) is 11.2. The third-order valence-corrected chi connectivity index (χ3v) is 4.62. The zero-order valence-electron chi connectivity index (χ0n) is 11.9. The minimum Gasteiger partial charge on any atom is -0.307 e. The third-order valence-electron chi connectivity index (χ3n) is 3.84. The van der Waals surface area contributed by atoms with Crippen molar-refractivity contribution in [3.63, 3.8) is 0 Å². The Bertz CT molecular complexity index is 773. The van der Waals surface area contributed by atoms with E-state index in [1.165, 1.54) is 18.6 Å². The number of nitrogens with one attached hydrogen (secondary N) is 1. The summed E-state index contributed by atoms with van der Waals surface area (Å²) in [5.41, 5.74) is -2.24. The standard InChI is InChI=1S/C13H10BrClF3N5O/c14-7-6-23(22-10(7)13(16,17)18)12(2-1-3-12)11(24)21-9-5-19-8(15)4-20-9/h4-6H,1-3H2,(H,20,21,24). The quantitative estimate of drug-likeness (QED) is 0.817. The molecule has 0 bridgehead atoms. The van der Waals surface area contributed by atoms with Crippen LogP contribution in [0.25, 0.3) is 0 Å². The van der Waals surface area contributed by atoms with Gasteiger partial charge < -0.3 is 5.32 Å². The van der Waals surface area contributed by atoms with Crippen LogP contribution >= 0.6 is 27.5 Å². The van der Waals surface area contributed by atoms with Gasteiger partial charge in [0.15, 0.2) is 11.5 Å².